The molecule has 174 valence electrons. The molecule has 0 unspecified atom stereocenters. The molecule has 0 saturated carbocycles. The van der Waals surface area contributed by atoms with Gasteiger partial charge in [0.05, 0.1) is 15.5 Å². The molecule has 0 saturated heterocycles. The van der Waals surface area contributed by atoms with Gasteiger partial charge in [0.1, 0.15) is 5.82 Å². The number of hydrogen-bond donors (Lipinski definition) is 1. The first kappa shape index (κ1) is 24.6. The molecule has 3 rings (SSSR count). The van der Waals surface area contributed by atoms with Crippen molar-refractivity contribution in [1.29, 1.82) is 0 Å². The highest BCUT2D eigenvalue weighted by Gasteiger charge is 2.12. The van der Waals surface area contributed by atoms with E-state index in [0.717, 1.165) is 49.2 Å². The number of aromatic nitrogens is 2. The van der Waals surface area contributed by atoms with E-state index in [1.54, 1.807) is 18.2 Å². The van der Waals surface area contributed by atoms with Crippen molar-refractivity contribution in [1.82, 2.24) is 14.9 Å². The summed E-state index contributed by atoms with van der Waals surface area (Å²) in [7, 11) is 0. The SMILES string of the molecule is CCN(CC)CCC[C@@H](C)Nc1nc(/C=C/c2ccc([N+](=O)[O-])cc2)nc2c(Cl)cccc12. The molecule has 0 aliphatic carbocycles. The van der Waals surface area contributed by atoms with Crippen molar-refractivity contribution in [2.75, 3.05) is 25.0 Å². The average Bonchev–Trinajstić information content (AvgIpc) is 2.81. The Hall–Kier alpha value is -3.03. The second kappa shape index (κ2) is 11.7. The van der Waals surface area contributed by atoms with E-state index in [0.29, 0.717) is 16.4 Å². The molecule has 0 aliphatic rings. The van der Waals surface area contributed by atoms with Gasteiger partial charge in [0.15, 0.2) is 5.82 Å². The number of halogens is 1. The van der Waals surface area contributed by atoms with Gasteiger partial charge in [-0.3, -0.25) is 10.1 Å². The Morgan fingerprint density at radius 2 is 1.85 bits per heavy atom. The second-order valence-corrected chi connectivity index (χ2v) is 8.37. The van der Waals surface area contributed by atoms with E-state index in [9.17, 15) is 10.1 Å². The number of nitro benzene ring substituents is 1. The van der Waals surface area contributed by atoms with E-state index >= 15 is 0 Å². The molecule has 0 radical (unpaired) electrons. The Morgan fingerprint density at radius 1 is 1.12 bits per heavy atom. The lowest BCUT2D eigenvalue weighted by molar-refractivity contribution is -0.384. The zero-order chi connectivity index (χ0) is 23.8. The lowest BCUT2D eigenvalue weighted by Gasteiger charge is -2.20. The van der Waals surface area contributed by atoms with Crippen molar-refractivity contribution < 1.29 is 4.92 Å². The number of anilines is 1. The average molecular weight is 468 g/mol. The largest absolute Gasteiger partial charge is 0.367 e. The summed E-state index contributed by atoms with van der Waals surface area (Å²) in [4.78, 5) is 22.2. The molecule has 0 bridgehead atoms. The minimum absolute atomic E-state index is 0.0577. The predicted molar refractivity (Wildman–Crippen MR) is 137 cm³/mol. The first-order chi connectivity index (χ1) is 15.9. The summed E-state index contributed by atoms with van der Waals surface area (Å²) >= 11 is 6.44. The molecule has 0 spiro atoms. The van der Waals surface area contributed by atoms with Gasteiger partial charge in [-0.2, -0.15) is 0 Å². The third kappa shape index (κ3) is 6.73. The number of benzene rings is 2. The summed E-state index contributed by atoms with van der Waals surface area (Å²) in [5.74, 6) is 1.27. The topological polar surface area (TPSA) is 84.2 Å². The minimum atomic E-state index is -0.414. The highest BCUT2D eigenvalue weighted by Crippen LogP contribution is 2.28. The van der Waals surface area contributed by atoms with Crippen LogP contribution in [0.2, 0.25) is 5.02 Å². The maximum atomic E-state index is 10.8. The quantitative estimate of drug-likeness (QED) is 0.263. The van der Waals surface area contributed by atoms with E-state index in [1.807, 2.05) is 24.3 Å². The second-order valence-electron chi connectivity index (χ2n) is 7.96. The fourth-order valence-electron chi connectivity index (χ4n) is 3.66. The maximum Gasteiger partial charge on any atom is 0.269 e. The fourth-order valence-corrected chi connectivity index (χ4v) is 3.88. The molecular weight excluding hydrogens is 438 g/mol. The van der Waals surface area contributed by atoms with Gasteiger partial charge in [0.25, 0.3) is 5.69 Å². The van der Waals surface area contributed by atoms with E-state index in [1.165, 1.54) is 12.1 Å². The van der Waals surface area contributed by atoms with Crippen molar-refractivity contribution in [2.24, 2.45) is 0 Å². The van der Waals surface area contributed by atoms with Crippen LogP contribution in [0.5, 0.6) is 0 Å². The van der Waals surface area contributed by atoms with Gasteiger partial charge in [0.2, 0.25) is 0 Å². The maximum absolute atomic E-state index is 10.8. The Morgan fingerprint density at radius 3 is 2.52 bits per heavy atom. The van der Waals surface area contributed by atoms with E-state index in [2.05, 4.69) is 36.0 Å². The highest BCUT2D eigenvalue weighted by molar-refractivity contribution is 6.35. The van der Waals surface area contributed by atoms with Crippen LogP contribution in [0, 0.1) is 10.1 Å². The van der Waals surface area contributed by atoms with Gasteiger partial charge >= 0.3 is 0 Å². The molecule has 0 fully saturated rings. The molecule has 1 heterocycles. The van der Waals surface area contributed by atoms with E-state index < -0.39 is 4.92 Å². The number of nitrogens with one attached hydrogen (secondary N) is 1. The molecule has 1 aromatic heterocycles. The summed E-state index contributed by atoms with van der Waals surface area (Å²) in [6, 6.07) is 12.3. The van der Waals surface area contributed by atoms with Crippen LogP contribution >= 0.6 is 11.6 Å². The third-order valence-corrected chi connectivity index (χ3v) is 5.92. The normalized spacial score (nSPS) is 12.5. The Balaban J connectivity index is 1.80. The van der Waals surface area contributed by atoms with Gasteiger partial charge in [0, 0.05) is 23.6 Å². The first-order valence-electron chi connectivity index (χ1n) is 11.3. The lowest BCUT2D eigenvalue weighted by atomic mass is 10.1. The van der Waals surface area contributed by atoms with Crippen molar-refractivity contribution in [3.63, 3.8) is 0 Å². The van der Waals surface area contributed by atoms with Crippen molar-refractivity contribution >= 4 is 46.2 Å². The van der Waals surface area contributed by atoms with Gasteiger partial charge in [-0.1, -0.05) is 37.6 Å². The van der Waals surface area contributed by atoms with E-state index in [-0.39, 0.29) is 11.7 Å². The number of nitrogens with zero attached hydrogens (tertiary/aromatic N) is 4. The lowest BCUT2D eigenvalue weighted by Crippen LogP contribution is -2.25. The molecule has 2 aromatic carbocycles. The summed E-state index contributed by atoms with van der Waals surface area (Å²) in [5.41, 5.74) is 1.57. The number of rotatable bonds is 11. The van der Waals surface area contributed by atoms with Crippen LogP contribution in [0.15, 0.2) is 42.5 Å². The molecular formula is C25H30ClN5O2. The van der Waals surface area contributed by atoms with Crippen LogP contribution in [-0.2, 0) is 0 Å². The fraction of sp³-hybridized carbons (Fsp3) is 0.360. The summed E-state index contributed by atoms with van der Waals surface area (Å²) in [5, 5.41) is 15.8. The van der Waals surface area contributed by atoms with Crippen LogP contribution in [0.25, 0.3) is 23.1 Å². The minimum Gasteiger partial charge on any atom is -0.367 e. The van der Waals surface area contributed by atoms with Crippen molar-refractivity contribution in [3.05, 3.63) is 69.0 Å². The van der Waals surface area contributed by atoms with E-state index in [4.69, 9.17) is 16.6 Å². The first-order valence-corrected chi connectivity index (χ1v) is 11.7. The molecule has 7 nitrogen and oxygen atoms in total. The summed E-state index contributed by atoms with van der Waals surface area (Å²) in [6.45, 7) is 9.75. The smallest absolute Gasteiger partial charge is 0.269 e. The van der Waals surface area contributed by atoms with Gasteiger partial charge in [-0.25, -0.2) is 9.97 Å². The molecule has 33 heavy (non-hydrogen) atoms. The van der Waals surface area contributed by atoms with Crippen molar-refractivity contribution in [2.45, 2.75) is 39.7 Å². The number of para-hydroxylation sites is 1. The highest BCUT2D eigenvalue weighted by atomic mass is 35.5. The predicted octanol–water partition coefficient (Wildman–Crippen LogP) is 6.28. The van der Waals surface area contributed by atoms with Crippen LogP contribution < -0.4 is 5.32 Å². The zero-order valence-electron chi connectivity index (χ0n) is 19.3. The van der Waals surface area contributed by atoms with Crippen LogP contribution in [0.4, 0.5) is 11.5 Å². The van der Waals surface area contributed by atoms with Crippen LogP contribution in [0.1, 0.15) is 45.0 Å². The van der Waals surface area contributed by atoms with Crippen LogP contribution in [0.3, 0.4) is 0 Å². The Kier molecular flexibility index (Phi) is 8.74. The van der Waals surface area contributed by atoms with Crippen molar-refractivity contribution in [3.8, 4) is 0 Å². The third-order valence-electron chi connectivity index (χ3n) is 5.61. The number of non-ortho nitro benzene ring substituents is 1. The standard InChI is InChI=1S/C25H30ClN5O2/c1-4-30(5-2)17-7-8-18(3)27-25-21-9-6-10-22(26)24(21)28-23(29-25)16-13-19-11-14-20(15-12-19)31(32)33/h6,9-16,18H,4-5,7-8,17H2,1-3H3,(H,27,28,29)/b16-13+/t18-/m1/s1. The number of hydrogen-bond acceptors (Lipinski definition) is 6. The molecule has 1 N–H and O–H groups in total. The Bertz CT molecular complexity index is 1110. The molecule has 1 atom stereocenters. The zero-order valence-corrected chi connectivity index (χ0v) is 20.0. The monoisotopic (exact) mass is 467 g/mol. The van der Waals surface area contributed by atoms with Crippen LogP contribution in [-0.4, -0.2) is 45.5 Å². The molecule has 3 aromatic rings. The van der Waals surface area contributed by atoms with Gasteiger partial charge in [-0.15, -0.1) is 0 Å². The van der Waals surface area contributed by atoms with Gasteiger partial charge < -0.3 is 10.2 Å². The number of fused-ring (bicyclic) bond motifs is 1. The molecule has 0 amide bonds. The summed E-state index contributed by atoms with van der Waals surface area (Å²) in [6.07, 6.45) is 5.75. The number of nitro groups is 1. The Labute approximate surface area is 199 Å². The molecule has 0 aliphatic heterocycles. The van der Waals surface area contributed by atoms with Gasteiger partial charge in [-0.05, 0) is 75.3 Å². The summed E-state index contributed by atoms with van der Waals surface area (Å²) < 4.78 is 0. The molecule has 8 heteroatoms.